The van der Waals surface area contributed by atoms with Crippen LogP contribution in [0.2, 0.25) is 5.15 Å². The van der Waals surface area contributed by atoms with Gasteiger partial charge in [-0.25, -0.2) is 94.7 Å². The van der Waals surface area contributed by atoms with Gasteiger partial charge in [0.05, 0.1) is 117 Å². The molecule has 6 aliphatic rings. The summed E-state index contributed by atoms with van der Waals surface area (Å²) in [5.41, 5.74) is 18.3. The first-order valence-corrected chi connectivity index (χ1v) is 48.7. The van der Waals surface area contributed by atoms with Gasteiger partial charge < -0.3 is 60.3 Å². The number of hydrogen-bond donors (Lipinski definition) is 6. The van der Waals surface area contributed by atoms with Gasteiger partial charge in [0.15, 0.2) is 57.2 Å². The normalized spacial score (nSPS) is 19.0. The summed E-state index contributed by atoms with van der Waals surface area (Å²) in [6, 6.07) is 16.9. The minimum atomic E-state index is -0.611. The number of H-pyrrole nitrogens is 3. The zero-order valence-corrected chi connectivity index (χ0v) is 83.3. The molecule has 8 atom stereocenters. The molecule has 23 heterocycles. The number of carbonyl (C=O) groups is 4. The predicted molar refractivity (Wildman–Crippen MR) is 543 cm³/mol. The van der Waals surface area contributed by atoms with Gasteiger partial charge in [-0.3, -0.25) is 56.5 Å². The van der Waals surface area contributed by atoms with Gasteiger partial charge in [0.25, 0.3) is 11.8 Å². The van der Waals surface area contributed by atoms with Crippen molar-refractivity contribution in [3.63, 3.8) is 0 Å². The number of ether oxygens (including phenoxy) is 1. The number of carbonyl (C=O) groups excluding carboxylic acids is 4. The van der Waals surface area contributed by atoms with Gasteiger partial charge in [-0.1, -0.05) is 17.7 Å². The summed E-state index contributed by atoms with van der Waals surface area (Å²) >= 11 is 9.49. The van der Waals surface area contributed by atoms with E-state index in [9.17, 15) is 19.2 Å². The molecule has 18 aromatic heterocycles. The minimum absolute atomic E-state index is 0.0701. The van der Waals surface area contributed by atoms with Crippen LogP contribution in [-0.2, 0) is 14.3 Å². The highest BCUT2D eigenvalue weighted by atomic mass is 79.9. The third kappa shape index (κ3) is 20.5. The first-order valence-electron chi connectivity index (χ1n) is 47.5. The van der Waals surface area contributed by atoms with Gasteiger partial charge in [-0.15, -0.1) is 0 Å². The number of morpholine rings is 1. The van der Waals surface area contributed by atoms with E-state index in [1.165, 1.54) is 22.9 Å². The number of rotatable bonds is 16. The predicted octanol–water partition coefficient (Wildman–Crippen LogP) is 8.65. The second-order valence-electron chi connectivity index (χ2n) is 36.3. The Bertz CT molecular complexity index is 7810. The van der Waals surface area contributed by atoms with Crippen molar-refractivity contribution in [3.8, 4) is 63.5 Å². The molecule has 0 spiro atoms. The molecule has 1 aliphatic carbocycles. The zero-order chi connectivity index (χ0) is 101. The summed E-state index contributed by atoms with van der Waals surface area (Å²) in [5, 5.41) is 38.1. The van der Waals surface area contributed by atoms with E-state index in [4.69, 9.17) is 52.3 Å². The summed E-state index contributed by atoms with van der Waals surface area (Å²) in [4.78, 5) is 148. The van der Waals surface area contributed by atoms with Gasteiger partial charge in [-0.05, 0) is 107 Å². The van der Waals surface area contributed by atoms with Crippen LogP contribution in [0.15, 0.2) is 196 Å². The molecule has 0 bridgehead atoms. The molecule has 18 aromatic rings. The van der Waals surface area contributed by atoms with Crippen LogP contribution in [0.4, 0.5) is 29.1 Å². The molecule has 5 aliphatic heterocycles. The number of halogens is 2. The zero-order valence-electron chi connectivity index (χ0n) is 81.0. The van der Waals surface area contributed by atoms with Crippen molar-refractivity contribution in [2.45, 2.75) is 110 Å². The Morgan fingerprint density at radius 1 is 0.479 bits per heavy atom. The van der Waals surface area contributed by atoms with Crippen molar-refractivity contribution in [2.24, 2.45) is 11.7 Å². The first kappa shape index (κ1) is 96.7. The van der Waals surface area contributed by atoms with Crippen molar-refractivity contribution >= 4 is 108 Å². The van der Waals surface area contributed by atoms with Crippen molar-refractivity contribution in [2.75, 3.05) is 117 Å². The number of imidazole rings is 5. The number of nitrogens with zero attached hydrogens (tertiary/aromatic N) is 36. The maximum Gasteiger partial charge on any atom is 0.273 e. The number of aryl methyl sites for hydroxylation is 1. The molecule has 24 rings (SSSR count). The number of piperazine rings is 4. The lowest BCUT2D eigenvalue weighted by Crippen LogP contribution is -2.56. The minimum Gasteiger partial charge on any atom is -0.369 e. The topological polar surface area (TPSA) is 530 Å². The summed E-state index contributed by atoms with van der Waals surface area (Å²) in [7, 11) is 3.39. The Balaban J connectivity index is 0.000000111. The molecule has 49 heteroatoms. The molecule has 7 N–H and O–H groups in total. The maximum absolute atomic E-state index is 12.3. The van der Waals surface area contributed by atoms with Crippen molar-refractivity contribution in [1.29, 1.82) is 5.26 Å². The van der Waals surface area contributed by atoms with Crippen LogP contribution in [0, 0.1) is 24.2 Å². The highest BCUT2D eigenvalue weighted by molar-refractivity contribution is 9.10. The summed E-state index contributed by atoms with van der Waals surface area (Å²) in [5.74, 6) is 6.36. The lowest BCUT2D eigenvalue weighted by Gasteiger charge is -2.44. The largest absolute Gasteiger partial charge is 0.369 e. The third-order valence-corrected chi connectivity index (χ3v) is 27.1. The number of nitrogens with one attached hydrogen (secondary N) is 5. The van der Waals surface area contributed by atoms with E-state index in [0.29, 0.717) is 119 Å². The van der Waals surface area contributed by atoms with Gasteiger partial charge in [0.2, 0.25) is 11.8 Å². The van der Waals surface area contributed by atoms with Crippen LogP contribution < -0.4 is 40.9 Å². The number of aromatic amines is 3. The number of hydrogen-bond acceptors (Lipinski definition) is 35. The average Bonchev–Trinajstić information content (AvgIpc) is 1.50. The standard InChI is InChI=1S/C20H22ClN9.C20H23N7O2.C19H20BrN9.C19H17N9O.C19H20N8O2/c1-11-9-29(13(3)19(26-11)14-6-25-28-12(14)2)17-4-5-22-20(27-17)15-7-24-18-8-23-16(21)10-30(15)18;1-14(28)25-7-9-26(10-8-25)18-6-4-5-15(23-18)17-11-22-19-12-21-16(13-27(17)19)20(29)24(2)3;1-11-9-28(12(2)18(26-11)13-5-24-25-6-13)16-3-4-21-19(27-16)14-7-23-17-8-22-15(20)10-29(14)17;1-12-18(13-7-24-25-8-13)29-5-4-27(12)16-2-3-21-19(26-16)15-9-23-17-10-22-14(6-20)11-28(15)17;20-17(28)13-11-27-14(9-23-16(27)10-22-13)18-21-4-3-15(24-18)25-5-7-26(8-6-25)19(29)12-1-2-12/h4-8,10-11,13,19,26H,9H2,1-3H3,(H,25,28);4-6,11-13H,7-10H2,1-3H3;3-8,10-12,18,26H,9H2,1-2H3,(H,24,25);2-3,7-12,18H,4-5H2,1H3,(H,24,25);3-4,9-12H,1-2,5-8H2,(H2,20,28). The van der Waals surface area contributed by atoms with Gasteiger partial charge in [0, 0.05) is 214 Å². The molecular formula is C97H102BrClN42O5. The van der Waals surface area contributed by atoms with Crippen molar-refractivity contribution in [1.82, 2.24) is 173 Å². The number of amides is 4. The van der Waals surface area contributed by atoms with Crippen molar-refractivity contribution < 1.29 is 23.9 Å². The molecule has 47 nitrogen and oxygen atoms in total. The van der Waals surface area contributed by atoms with Crippen LogP contribution in [0.25, 0.3) is 85.7 Å². The van der Waals surface area contributed by atoms with Crippen molar-refractivity contribution in [3.05, 3.63) is 240 Å². The number of nitriles is 1. The van der Waals surface area contributed by atoms with Gasteiger partial charge in [-0.2, -0.15) is 20.6 Å². The molecule has 8 unspecified atom stereocenters. The third-order valence-electron chi connectivity index (χ3n) is 26.5. The van der Waals surface area contributed by atoms with E-state index in [1.54, 1.807) is 135 Å². The Kier molecular flexibility index (Phi) is 27.8. The summed E-state index contributed by atoms with van der Waals surface area (Å²) in [6.45, 7) is 23.3. The lowest BCUT2D eigenvalue weighted by atomic mass is 9.95. The van der Waals surface area contributed by atoms with Gasteiger partial charge in [0.1, 0.15) is 85.2 Å². The summed E-state index contributed by atoms with van der Waals surface area (Å²) in [6.07, 6.45) is 43.4. The molecule has 4 amide bonds. The Morgan fingerprint density at radius 3 is 1.49 bits per heavy atom. The maximum atomic E-state index is 12.3. The number of nitrogens with two attached hydrogens (primary N) is 1. The molecule has 0 aromatic carbocycles. The molecule has 744 valence electrons. The molecule has 6 fully saturated rings. The lowest BCUT2D eigenvalue weighted by molar-refractivity contribution is -0.133. The van der Waals surface area contributed by atoms with Crippen LogP contribution >= 0.6 is 27.5 Å². The van der Waals surface area contributed by atoms with E-state index in [1.807, 2.05) is 109 Å². The van der Waals surface area contributed by atoms with E-state index in [-0.39, 0.29) is 65.6 Å². The Hall–Kier alpha value is -16.8. The smallest absolute Gasteiger partial charge is 0.273 e. The number of aromatic nitrogens is 30. The molecule has 1 saturated carbocycles. The van der Waals surface area contributed by atoms with E-state index >= 15 is 0 Å². The quantitative estimate of drug-likeness (QED) is 0.0526. The monoisotopic (exact) mass is 2050 g/mol. The second-order valence-corrected chi connectivity index (χ2v) is 37.5. The fourth-order valence-corrected chi connectivity index (χ4v) is 19.1. The molecule has 0 radical (unpaired) electrons. The number of pyridine rings is 1. The number of anilines is 5. The molecule has 146 heavy (non-hydrogen) atoms. The average molecular weight is 2050 g/mol. The number of primary amides is 1. The SMILES string of the molecule is CC(=O)N1CCN(c2cccc(-c3cnc4cnc(C(=O)N(C)C)cn34)n2)CC1.CC1C(c2cn[nH]c2)OCCN1c1ccnc(-c2cnc3cnc(C#N)cn23)n1.CC1CN(c2ccnc(-c3cnc4cnc(Br)cn34)n2)C(C)C(c2cn[nH]c2)N1.Cc1[nH]ncc1C1NC(C)CN(c2ccnc(-c3cnc4cnc(Cl)cn34)n2)C1C.NC(=O)c1cn2c(-c3nccc(N4CCN(C(=O)C5CC5)CC4)n3)cnc2cn1. The fourth-order valence-electron chi connectivity index (χ4n) is 18.7. The van der Waals surface area contributed by atoms with E-state index in [2.05, 4.69) is 186 Å². The van der Waals surface area contributed by atoms with Crippen LogP contribution in [0.1, 0.15) is 122 Å². The molecule has 5 saturated heterocycles. The Morgan fingerprint density at radius 2 is 0.952 bits per heavy atom. The highest BCUT2D eigenvalue weighted by Crippen LogP contribution is 2.38. The van der Waals surface area contributed by atoms with Gasteiger partial charge >= 0.3 is 0 Å². The second kappa shape index (κ2) is 42.0. The fraction of sp³-hybridized carbons (Fsp3) is 0.330. The molecular weight excluding hydrogens is 1950 g/mol. The van der Waals surface area contributed by atoms with Crippen LogP contribution in [0.5, 0.6) is 0 Å². The number of fused-ring (bicyclic) bond motifs is 5. The Labute approximate surface area is 847 Å². The van der Waals surface area contributed by atoms with Crippen LogP contribution in [-0.4, -0.2) is 309 Å². The summed E-state index contributed by atoms with van der Waals surface area (Å²) < 4.78 is 15.8. The first-order chi connectivity index (χ1) is 70.9. The highest BCUT2D eigenvalue weighted by Gasteiger charge is 2.39. The van der Waals surface area contributed by atoms with Crippen LogP contribution in [0.3, 0.4) is 0 Å². The van der Waals surface area contributed by atoms with E-state index in [0.717, 1.165) is 138 Å². The van der Waals surface area contributed by atoms with E-state index < -0.39 is 5.91 Å².